The quantitative estimate of drug-likeness (QED) is 0.788. The summed E-state index contributed by atoms with van der Waals surface area (Å²) in [6.07, 6.45) is -0.877. The van der Waals surface area contributed by atoms with E-state index in [4.69, 9.17) is 11.6 Å². The minimum absolute atomic E-state index is 0.229. The average molecular weight is 347 g/mol. The van der Waals surface area contributed by atoms with E-state index in [1.165, 1.54) is 18.6 Å². The van der Waals surface area contributed by atoms with Gasteiger partial charge in [0.15, 0.2) is 0 Å². The second kappa shape index (κ2) is 6.26. The predicted octanol–water partition coefficient (Wildman–Crippen LogP) is 4.28. The van der Waals surface area contributed by atoms with E-state index in [0.717, 1.165) is 39.0 Å². The van der Waals surface area contributed by atoms with Crippen molar-refractivity contribution in [1.29, 1.82) is 0 Å². The van der Waals surface area contributed by atoms with Crippen molar-refractivity contribution in [2.75, 3.05) is 33.2 Å². The molecule has 2 fully saturated rings. The molecule has 2 aliphatic heterocycles. The van der Waals surface area contributed by atoms with Gasteiger partial charge in [-0.2, -0.15) is 13.2 Å². The molecule has 2 aliphatic rings. The Morgan fingerprint density at radius 1 is 1.13 bits per heavy atom. The molecule has 0 aliphatic carbocycles. The maximum atomic E-state index is 12.9. The van der Waals surface area contributed by atoms with Crippen LogP contribution < -0.4 is 0 Å². The molecular formula is C17H22ClF3N2. The van der Waals surface area contributed by atoms with Gasteiger partial charge < -0.3 is 4.90 Å². The van der Waals surface area contributed by atoms with E-state index in [-0.39, 0.29) is 5.02 Å². The lowest BCUT2D eigenvalue weighted by molar-refractivity contribution is -0.137. The second-order valence-corrected chi connectivity index (χ2v) is 7.48. The summed E-state index contributed by atoms with van der Waals surface area (Å²) in [5, 5.41) is -0.229. The number of nitrogens with zero attached hydrogens (tertiary/aromatic N) is 2. The van der Waals surface area contributed by atoms with Crippen LogP contribution in [0.25, 0.3) is 0 Å². The SMILES string of the molecule is CN1CCC2(CCN(Cc3ccc(Cl)c(C(F)(F)F)c3)CC2)C1. The van der Waals surface area contributed by atoms with Crippen molar-refractivity contribution in [2.45, 2.75) is 32.0 Å². The smallest absolute Gasteiger partial charge is 0.306 e. The molecule has 2 saturated heterocycles. The van der Waals surface area contributed by atoms with E-state index in [9.17, 15) is 13.2 Å². The van der Waals surface area contributed by atoms with Crippen LogP contribution in [-0.4, -0.2) is 43.0 Å². The molecule has 0 saturated carbocycles. The molecule has 0 bridgehead atoms. The number of likely N-dealkylation sites (tertiary alicyclic amines) is 2. The zero-order valence-corrected chi connectivity index (χ0v) is 14.1. The lowest BCUT2D eigenvalue weighted by atomic mass is 9.77. The van der Waals surface area contributed by atoms with Gasteiger partial charge in [-0.25, -0.2) is 0 Å². The van der Waals surface area contributed by atoms with E-state index in [1.807, 2.05) is 0 Å². The van der Waals surface area contributed by atoms with Gasteiger partial charge in [0.25, 0.3) is 0 Å². The van der Waals surface area contributed by atoms with Crippen LogP contribution in [0.5, 0.6) is 0 Å². The first-order valence-corrected chi connectivity index (χ1v) is 8.42. The van der Waals surface area contributed by atoms with Gasteiger partial charge in [0.05, 0.1) is 10.6 Å². The number of hydrogen-bond acceptors (Lipinski definition) is 2. The number of rotatable bonds is 2. The topological polar surface area (TPSA) is 6.48 Å². The van der Waals surface area contributed by atoms with E-state index < -0.39 is 11.7 Å². The highest BCUT2D eigenvalue weighted by Gasteiger charge is 2.39. The minimum Gasteiger partial charge on any atom is -0.306 e. The Morgan fingerprint density at radius 3 is 2.35 bits per heavy atom. The number of hydrogen-bond donors (Lipinski definition) is 0. The number of alkyl halides is 3. The monoisotopic (exact) mass is 346 g/mol. The molecule has 0 aromatic heterocycles. The Hall–Kier alpha value is -0.780. The summed E-state index contributed by atoms with van der Waals surface area (Å²) in [5.41, 5.74) is 0.381. The van der Waals surface area contributed by atoms with Crippen molar-refractivity contribution in [1.82, 2.24) is 9.80 Å². The van der Waals surface area contributed by atoms with Crippen molar-refractivity contribution in [3.8, 4) is 0 Å². The molecule has 0 radical (unpaired) electrons. The van der Waals surface area contributed by atoms with E-state index in [0.29, 0.717) is 17.5 Å². The van der Waals surface area contributed by atoms with Crippen LogP contribution in [0.2, 0.25) is 5.02 Å². The second-order valence-electron chi connectivity index (χ2n) is 7.08. The van der Waals surface area contributed by atoms with Crippen LogP contribution in [0.15, 0.2) is 18.2 Å². The predicted molar refractivity (Wildman–Crippen MR) is 85.5 cm³/mol. The van der Waals surface area contributed by atoms with E-state index in [2.05, 4.69) is 16.8 Å². The molecule has 0 unspecified atom stereocenters. The van der Waals surface area contributed by atoms with Gasteiger partial charge in [-0.15, -0.1) is 0 Å². The zero-order chi connectivity index (χ0) is 16.7. The summed E-state index contributed by atoms with van der Waals surface area (Å²) in [6, 6.07) is 4.25. The zero-order valence-electron chi connectivity index (χ0n) is 13.3. The maximum absolute atomic E-state index is 12.9. The largest absolute Gasteiger partial charge is 0.417 e. The number of piperidine rings is 1. The molecule has 3 rings (SSSR count). The Balaban J connectivity index is 1.63. The lowest BCUT2D eigenvalue weighted by Gasteiger charge is -2.39. The van der Waals surface area contributed by atoms with Gasteiger partial charge in [-0.3, -0.25) is 4.90 Å². The van der Waals surface area contributed by atoms with Crippen LogP contribution in [0.3, 0.4) is 0 Å². The Morgan fingerprint density at radius 2 is 1.78 bits per heavy atom. The highest BCUT2D eigenvalue weighted by Crippen LogP contribution is 2.40. The Kier molecular flexibility index (Phi) is 4.64. The minimum atomic E-state index is -4.40. The molecule has 0 atom stereocenters. The standard InChI is InChI=1S/C17H22ClF3N2/c1-22-7-4-16(12-22)5-8-23(9-6-16)11-13-2-3-15(18)14(10-13)17(19,20)21/h2-3,10H,4-9,11-12H2,1H3. The van der Waals surface area contributed by atoms with Gasteiger partial charge in [-0.05, 0) is 69.1 Å². The first-order chi connectivity index (χ1) is 10.8. The van der Waals surface area contributed by atoms with Gasteiger partial charge in [0.1, 0.15) is 0 Å². The lowest BCUT2D eigenvalue weighted by Crippen LogP contribution is -2.40. The normalized spacial score (nSPS) is 22.8. The van der Waals surface area contributed by atoms with E-state index >= 15 is 0 Å². The van der Waals surface area contributed by atoms with Crippen LogP contribution >= 0.6 is 11.6 Å². The van der Waals surface area contributed by atoms with Gasteiger partial charge in [-0.1, -0.05) is 17.7 Å². The van der Waals surface area contributed by atoms with Crippen LogP contribution in [0.1, 0.15) is 30.4 Å². The molecule has 2 nitrogen and oxygen atoms in total. The molecule has 2 heterocycles. The number of benzene rings is 1. The van der Waals surface area contributed by atoms with Gasteiger partial charge in [0.2, 0.25) is 0 Å². The van der Waals surface area contributed by atoms with E-state index in [1.54, 1.807) is 6.07 Å². The summed E-state index contributed by atoms with van der Waals surface area (Å²) in [4.78, 5) is 4.64. The van der Waals surface area contributed by atoms with Crippen molar-refractivity contribution in [3.05, 3.63) is 34.3 Å². The fourth-order valence-corrected chi connectivity index (χ4v) is 4.12. The molecule has 128 valence electrons. The maximum Gasteiger partial charge on any atom is 0.417 e. The van der Waals surface area contributed by atoms with Crippen molar-refractivity contribution in [2.24, 2.45) is 5.41 Å². The molecule has 6 heteroatoms. The molecule has 1 aromatic rings. The average Bonchev–Trinajstić information content (AvgIpc) is 2.84. The summed E-state index contributed by atoms with van der Waals surface area (Å²) >= 11 is 5.68. The third-order valence-electron chi connectivity index (χ3n) is 5.29. The molecule has 1 spiro atoms. The molecule has 23 heavy (non-hydrogen) atoms. The van der Waals surface area contributed by atoms with Crippen LogP contribution in [0.4, 0.5) is 13.2 Å². The highest BCUT2D eigenvalue weighted by atomic mass is 35.5. The fraction of sp³-hybridized carbons (Fsp3) is 0.647. The number of halogens is 4. The summed E-state index contributed by atoms with van der Waals surface area (Å²) < 4.78 is 38.8. The highest BCUT2D eigenvalue weighted by molar-refractivity contribution is 6.31. The Labute approximate surface area is 140 Å². The van der Waals surface area contributed by atoms with Crippen molar-refractivity contribution >= 4 is 11.6 Å². The Bertz CT molecular complexity index is 565. The first kappa shape index (κ1) is 17.1. The van der Waals surface area contributed by atoms with Crippen LogP contribution in [-0.2, 0) is 12.7 Å². The van der Waals surface area contributed by atoms with Crippen molar-refractivity contribution in [3.63, 3.8) is 0 Å². The molecule has 0 amide bonds. The van der Waals surface area contributed by atoms with Gasteiger partial charge in [0, 0.05) is 13.1 Å². The summed E-state index contributed by atoms with van der Waals surface area (Å²) in [6.45, 7) is 4.79. The van der Waals surface area contributed by atoms with Crippen LogP contribution in [0, 0.1) is 5.41 Å². The van der Waals surface area contributed by atoms with Crippen molar-refractivity contribution < 1.29 is 13.2 Å². The fourth-order valence-electron chi connectivity index (χ4n) is 3.90. The molecule has 1 aromatic carbocycles. The first-order valence-electron chi connectivity index (χ1n) is 8.04. The summed E-state index contributed by atoms with van der Waals surface area (Å²) in [5.74, 6) is 0. The summed E-state index contributed by atoms with van der Waals surface area (Å²) in [7, 11) is 2.16. The third-order valence-corrected chi connectivity index (χ3v) is 5.62. The molecule has 0 N–H and O–H groups in total. The third kappa shape index (κ3) is 3.83. The molecular weight excluding hydrogens is 325 g/mol. The van der Waals surface area contributed by atoms with Gasteiger partial charge >= 0.3 is 6.18 Å².